The van der Waals surface area contributed by atoms with E-state index in [1.165, 1.54) is 0 Å². The fraction of sp³-hybridized carbons (Fsp3) is 0.0833. The molecule has 1 rings (SSSR count). The lowest BCUT2D eigenvalue weighted by Crippen LogP contribution is -1.94. The Hall–Kier alpha value is -2.06. The molecule has 14 heavy (non-hydrogen) atoms. The highest BCUT2D eigenvalue weighted by Gasteiger charge is 2.08. The van der Waals surface area contributed by atoms with Crippen LogP contribution in [0.5, 0.6) is 0 Å². The van der Waals surface area contributed by atoms with Crippen molar-refractivity contribution in [1.82, 2.24) is 0 Å². The van der Waals surface area contributed by atoms with E-state index in [-0.39, 0.29) is 5.92 Å². The quantitative estimate of drug-likeness (QED) is 0.658. The fourth-order valence-electron chi connectivity index (χ4n) is 1.17. The van der Waals surface area contributed by atoms with E-state index < -0.39 is 0 Å². The predicted molar refractivity (Wildman–Crippen MR) is 54.2 cm³/mol. The van der Waals surface area contributed by atoms with Gasteiger partial charge in [0.05, 0.1) is 23.3 Å². The van der Waals surface area contributed by atoms with Gasteiger partial charge in [-0.15, -0.1) is 6.58 Å². The minimum absolute atomic E-state index is 0.155. The van der Waals surface area contributed by atoms with Crippen LogP contribution in [0.25, 0.3) is 0 Å². The van der Waals surface area contributed by atoms with Crippen LogP contribution in [-0.2, 0) is 0 Å². The summed E-state index contributed by atoms with van der Waals surface area (Å²) in [6, 6.07) is 9.03. The normalized spacial score (nSPS) is 11.1. The van der Waals surface area contributed by atoms with Crippen molar-refractivity contribution in [2.75, 3.05) is 0 Å². The Kier molecular flexibility index (Phi) is 3.05. The van der Waals surface area contributed by atoms with Gasteiger partial charge in [0.1, 0.15) is 0 Å². The van der Waals surface area contributed by atoms with Crippen molar-refractivity contribution < 1.29 is 0 Å². The summed E-state index contributed by atoms with van der Waals surface area (Å²) in [5.41, 5.74) is 1.83. The second-order valence-corrected chi connectivity index (χ2v) is 2.87. The molecule has 0 aliphatic carbocycles. The molecule has 1 aromatic carbocycles. The summed E-state index contributed by atoms with van der Waals surface area (Å²) in [6.07, 6.45) is 1.65. The van der Waals surface area contributed by atoms with Crippen molar-refractivity contribution in [3.8, 4) is 12.1 Å². The molecular weight excluding hydrogens is 172 g/mol. The zero-order valence-corrected chi connectivity index (χ0v) is 7.70. The zero-order valence-electron chi connectivity index (χ0n) is 7.70. The Bertz CT molecular complexity index is 433. The van der Waals surface area contributed by atoms with Crippen molar-refractivity contribution in [3.63, 3.8) is 0 Å². The highest BCUT2D eigenvalue weighted by Crippen LogP contribution is 2.21. The number of nitriles is 2. The Morgan fingerprint density at radius 2 is 2.00 bits per heavy atom. The van der Waals surface area contributed by atoms with Crippen LogP contribution in [0.15, 0.2) is 30.9 Å². The molecule has 0 amide bonds. The number of rotatable bonds is 2. The average molecular weight is 181 g/mol. The summed E-state index contributed by atoms with van der Waals surface area (Å²) in [4.78, 5) is 0. The third-order valence-electron chi connectivity index (χ3n) is 1.99. The highest BCUT2D eigenvalue weighted by atomic mass is 14.3. The van der Waals surface area contributed by atoms with E-state index in [0.29, 0.717) is 11.1 Å². The molecule has 0 fully saturated rings. The molecule has 67 valence electrons. The Balaban J connectivity index is 3.31. The first kappa shape index (κ1) is 10.0. The fourth-order valence-corrected chi connectivity index (χ4v) is 1.17. The maximum atomic E-state index is 8.83. The molecule has 2 heteroatoms. The smallest absolute Gasteiger partial charge is 0.0994 e. The minimum Gasteiger partial charge on any atom is -0.192 e. The Morgan fingerprint density at radius 3 is 2.50 bits per heavy atom. The first-order chi connectivity index (χ1) is 6.72. The second-order valence-electron chi connectivity index (χ2n) is 2.87. The molecule has 0 saturated heterocycles. The van der Waals surface area contributed by atoms with Gasteiger partial charge in [0.2, 0.25) is 0 Å². The van der Waals surface area contributed by atoms with Gasteiger partial charge >= 0.3 is 0 Å². The van der Waals surface area contributed by atoms with E-state index in [2.05, 4.69) is 19.6 Å². The molecule has 0 aromatic heterocycles. The second kappa shape index (κ2) is 4.25. The van der Waals surface area contributed by atoms with Gasteiger partial charge in [-0.3, -0.25) is 0 Å². The maximum absolute atomic E-state index is 8.83. The molecule has 0 bridgehead atoms. The monoisotopic (exact) mass is 181 g/mol. The summed E-state index contributed by atoms with van der Waals surface area (Å²) >= 11 is 0. The summed E-state index contributed by atoms with van der Waals surface area (Å²) < 4.78 is 0. The van der Waals surface area contributed by atoms with Gasteiger partial charge < -0.3 is 0 Å². The van der Waals surface area contributed by atoms with E-state index in [4.69, 9.17) is 10.5 Å². The summed E-state index contributed by atoms with van der Waals surface area (Å²) in [6.45, 7) is 7.45. The van der Waals surface area contributed by atoms with Crippen LogP contribution in [0.4, 0.5) is 0 Å². The maximum Gasteiger partial charge on any atom is 0.0994 e. The number of hydrogen-bond acceptors (Lipinski definition) is 2. The number of allylic oxidation sites excluding steroid dienone is 1. The number of nitrogens with zero attached hydrogens (tertiary/aromatic N) is 2. The molecule has 0 spiro atoms. The number of hydrogen-bond donors (Lipinski definition) is 0. The summed E-state index contributed by atoms with van der Waals surface area (Å²) in [5, 5.41) is 17.5. The predicted octanol–water partition coefficient (Wildman–Crippen LogP) is 2.53. The Morgan fingerprint density at radius 1 is 1.29 bits per heavy atom. The first-order valence-corrected chi connectivity index (χ1v) is 4.12. The molecule has 0 saturated carbocycles. The third kappa shape index (κ3) is 1.81. The topological polar surface area (TPSA) is 47.6 Å². The molecular formula is C12H9N2. The highest BCUT2D eigenvalue weighted by molar-refractivity contribution is 5.47. The standard InChI is InChI=1S/C12H9N2/c1-3-9(2)12-6-10(7-13)4-5-11(12)8-14/h3-6,9H,1-2H2. The first-order valence-electron chi connectivity index (χ1n) is 4.12. The molecule has 1 radical (unpaired) electrons. The van der Waals surface area contributed by atoms with Gasteiger partial charge in [-0.05, 0) is 30.7 Å². The van der Waals surface area contributed by atoms with Crippen LogP contribution >= 0.6 is 0 Å². The van der Waals surface area contributed by atoms with Crippen molar-refractivity contribution in [2.45, 2.75) is 5.92 Å². The van der Waals surface area contributed by atoms with Crippen molar-refractivity contribution >= 4 is 0 Å². The molecule has 0 aliphatic rings. The molecule has 0 heterocycles. The summed E-state index contributed by atoms with van der Waals surface area (Å²) in [5.74, 6) is -0.155. The van der Waals surface area contributed by atoms with E-state index in [1.54, 1.807) is 24.3 Å². The lowest BCUT2D eigenvalue weighted by Gasteiger charge is -2.08. The lowest BCUT2D eigenvalue weighted by molar-refractivity contribution is 1.07. The SMILES string of the molecule is [CH2]C(C=C)c1cc(C#N)ccc1C#N. The minimum atomic E-state index is -0.155. The molecule has 2 nitrogen and oxygen atoms in total. The zero-order chi connectivity index (χ0) is 10.6. The van der Waals surface area contributed by atoms with Gasteiger partial charge in [0.15, 0.2) is 0 Å². The average Bonchev–Trinajstić information content (AvgIpc) is 2.27. The molecule has 1 unspecified atom stereocenters. The largest absolute Gasteiger partial charge is 0.192 e. The van der Waals surface area contributed by atoms with Gasteiger partial charge in [-0.1, -0.05) is 6.08 Å². The van der Waals surface area contributed by atoms with Gasteiger partial charge in [0.25, 0.3) is 0 Å². The van der Waals surface area contributed by atoms with Gasteiger partial charge in [-0.2, -0.15) is 10.5 Å². The van der Waals surface area contributed by atoms with E-state index in [9.17, 15) is 0 Å². The molecule has 1 atom stereocenters. The van der Waals surface area contributed by atoms with E-state index >= 15 is 0 Å². The van der Waals surface area contributed by atoms with E-state index in [0.717, 1.165) is 5.56 Å². The van der Waals surface area contributed by atoms with Gasteiger partial charge in [-0.25, -0.2) is 0 Å². The van der Waals surface area contributed by atoms with Crippen molar-refractivity contribution in [3.05, 3.63) is 54.5 Å². The molecule has 0 aliphatic heterocycles. The third-order valence-corrected chi connectivity index (χ3v) is 1.99. The Labute approximate surface area is 83.7 Å². The lowest BCUT2D eigenvalue weighted by atomic mass is 9.94. The van der Waals surface area contributed by atoms with E-state index in [1.807, 2.05) is 6.07 Å². The van der Waals surface area contributed by atoms with Crippen LogP contribution in [0.2, 0.25) is 0 Å². The van der Waals surface area contributed by atoms with Crippen LogP contribution in [0.1, 0.15) is 22.6 Å². The van der Waals surface area contributed by atoms with Crippen LogP contribution < -0.4 is 0 Å². The van der Waals surface area contributed by atoms with Crippen molar-refractivity contribution in [2.24, 2.45) is 0 Å². The van der Waals surface area contributed by atoms with Crippen LogP contribution in [0, 0.1) is 29.6 Å². The van der Waals surface area contributed by atoms with Crippen LogP contribution in [0.3, 0.4) is 0 Å². The number of benzene rings is 1. The van der Waals surface area contributed by atoms with Crippen LogP contribution in [-0.4, -0.2) is 0 Å². The molecule has 1 aromatic rings. The molecule has 0 N–H and O–H groups in total. The summed E-state index contributed by atoms with van der Waals surface area (Å²) in [7, 11) is 0. The van der Waals surface area contributed by atoms with Gasteiger partial charge in [0, 0.05) is 5.92 Å². The van der Waals surface area contributed by atoms with Crippen molar-refractivity contribution in [1.29, 1.82) is 10.5 Å².